The fraction of sp³-hybridized carbons (Fsp3) is 0.409. The number of pyridine rings is 1. The summed E-state index contributed by atoms with van der Waals surface area (Å²) >= 11 is 0. The Morgan fingerprint density at radius 1 is 1.07 bits per heavy atom. The minimum Gasteiger partial charge on any atom is -0.299 e. The first-order valence-electron chi connectivity index (χ1n) is 9.69. The van der Waals surface area contributed by atoms with Crippen molar-refractivity contribution in [3.8, 4) is 0 Å². The molecule has 1 N–H and O–H groups in total. The summed E-state index contributed by atoms with van der Waals surface area (Å²) in [5.41, 5.74) is 1.62. The quantitative estimate of drug-likeness (QED) is 0.849. The number of carbonyl (C=O) groups is 2. The number of carbonyl (C=O) groups excluding carboxylic acids is 2. The molecule has 2 aliphatic heterocycles. The number of imide groups is 1. The Morgan fingerprint density at radius 3 is 2.52 bits per heavy atom. The summed E-state index contributed by atoms with van der Waals surface area (Å²) in [5, 5.41) is 2.60. The molecule has 3 heterocycles. The largest absolute Gasteiger partial charge is 0.299 e. The van der Waals surface area contributed by atoms with Crippen molar-refractivity contribution in [1.82, 2.24) is 15.2 Å². The lowest BCUT2D eigenvalue weighted by molar-refractivity contribution is -0.140. The lowest BCUT2D eigenvalue weighted by atomic mass is 9.62. The van der Waals surface area contributed by atoms with Crippen molar-refractivity contribution < 1.29 is 9.59 Å². The summed E-state index contributed by atoms with van der Waals surface area (Å²) in [4.78, 5) is 31.5. The van der Waals surface area contributed by atoms with E-state index in [-0.39, 0.29) is 17.7 Å². The number of hydrogen-bond acceptors (Lipinski definition) is 4. The molecule has 0 aliphatic carbocycles. The van der Waals surface area contributed by atoms with Crippen LogP contribution in [0.1, 0.15) is 36.8 Å². The molecule has 5 nitrogen and oxygen atoms in total. The lowest BCUT2D eigenvalue weighted by Crippen LogP contribution is -2.57. The van der Waals surface area contributed by atoms with E-state index in [2.05, 4.69) is 39.5 Å². The molecule has 2 saturated heterocycles. The zero-order valence-electron chi connectivity index (χ0n) is 15.4. The summed E-state index contributed by atoms with van der Waals surface area (Å²) in [7, 11) is 0. The summed E-state index contributed by atoms with van der Waals surface area (Å²) in [6.07, 6.45) is 6.39. The second kappa shape index (κ2) is 7.61. The second-order valence-corrected chi connectivity index (χ2v) is 7.63. The molecule has 2 aliphatic rings. The van der Waals surface area contributed by atoms with E-state index in [9.17, 15) is 9.59 Å². The van der Waals surface area contributed by atoms with Gasteiger partial charge in [-0.05, 0) is 55.5 Å². The Labute approximate surface area is 159 Å². The number of amides is 2. The maximum Gasteiger partial charge on any atom is 0.237 e. The van der Waals surface area contributed by atoms with Crippen LogP contribution in [0.3, 0.4) is 0 Å². The standard InChI is InChI=1S/C22H25N3O2/c26-20-8-11-22(21(27)24-20,19-7-4-12-23-15-19)18-9-13-25(14-10-18)16-17-5-2-1-3-6-17/h1-7,12,15,18H,8-11,13-14,16H2,(H,24,26,27). The highest BCUT2D eigenvalue weighted by Crippen LogP contribution is 2.44. The molecule has 0 radical (unpaired) electrons. The van der Waals surface area contributed by atoms with Crippen molar-refractivity contribution in [2.75, 3.05) is 13.1 Å². The molecular weight excluding hydrogens is 338 g/mol. The summed E-state index contributed by atoms with van der Waals surface area (Å²) < 4.78 is 0. The van der Waals surface area contributed by atoms with Crippen molar-refractivity contribution in [2.45, 2.75) is 37.6 Å². The average molecular weight is 363 g/mol. The van der Waals surface area contributed by atoms with Crippen LogP contribution in [-0.4, -0.2) is 34.8 Å². The van der Waals surface area contributed by atoms with Crippen LogP contribution < -0.4 is 5.32 Å². The Hall–Kier alpha value is -2.53. The molecule has 27 heavy (non-hydrogen) atoms. The van der Waals surface area contributed by atoms with Crippen LogP contribution in [-0.2, 0) is 21.5 Å². The van der Waals surface area contributed by atoms with E-state index >= 15 is 0 Å². The Bertz CT molecular complexity index is 801. The van der Waals surface area contributed by atoms with Gasteiger partial charge in [-0.2, -0.15) is 0 Å². The first-order valence-corrected chi connectivity index (χ1v) is 9.69. The van der Waals surface area contributed by atoms with Crippen LogP contribution in [0.5, 0.6) is 0 Å². The Morgan fingerprint density at radius 2 is 1.85 bits per heavy atom. The van der Waals surface area contributed by atoms with Gasteiger partial charge in [-0.1, -0.05) is 36.4 Å². The second-order valence-electron chi connectivity index (χ2n) is 7.63. The molecule has 1 aromatic carbocycles. The summed E-state index contributed by atoms with van der Waals surface area (Å²) in [5.74, 6) is -0.0869. The van der Waals surface area contributed by atoms with Gasteiger partial charge in [-0.25, -0.2) is 0 Å². The smallest absolute Gasteiger partial charge is 0.237 e. The summed E-state index contributed by atoms with van der Waals surface area (Å²) in [6.45, 7) is 2.86. The van der Waals surface area contributed by atoms with Gasteiger partial charge < -0.3 is 0 Å². The number of benzene rings is 1. The number of piperidine rings is 2. The zero-order valence-corrected chi connectivity index (χ0v) is 15.4. The van der Waals surface area contributed by atoms with Crippen LogP contribution >= 0.6 is 0 Å². The minimum atomic E-state index is -0.638. The number of nitrogens with zero attached hydrogens (tertiary/aromatic N) is 2. The fourth-order valence-electron chi connectivity index (χ4n) is 4.68. The third-order valence-corrected chi connectivity index (χ3v) is 6.11. The maximum absolute atomic E-state index is 13.0. The number of nitrogens with one attached hydrogen (secondary N) is 1. The van der Waals surface area contributed by atoms with E-state index in [1.807, 2.05) is 18.2 Å². The minimum absolute atomic E-state index is 0.145. The van der Waals surface area contributed by atoms with Crippen LogP contribution in [0.4, 0.5) is 0 Å². The van der Waals surface area contributed by atoms with E-state index in [0.29, 0.717) is 12.8 Å². The predicted molar refractivity (Wildman–Crippen MR) is 103 cm³/mol. The third kappa shape index (κ3) is 3.52. The molecule has 0 saturated carbocycles. The average Bonchev–Trinajstić information content (AvgIpc) is 2.71. The van der Waals surface area contributed by atoms with Crippen LogP contribution in [0.25, 0.3) is 0 Å². The molecule has 4 rings (SSSR count). The number of hydrogen-bond donors (Lipinski definition) is 1. The van der Waals surface area contributed by atoms with E-state index in [1.165, 1.54) is 5.56 Å². The molecule has 2 fully saturated rings. The molecule has 1 atom stereocenters. The SMILES string of the molecule is O=C1CCC(c2cccnc2)(C2CCN(Cc3ccccc3)CC2)C(=O)N1. The molecule has 1 aromatic heterocycles. The predicted octanol–water partition coefficient (Wildman–Crippen LogP) is 2.67. The number of likely N-dealkylation sites (tertiary alicyclic amines) is 1. The fourth-order valence-corrected chi connectivity index (χ4v) is 4.68. The summed E-state index contributed by atoms with van der Waals surface area (Å²) in [6, 6.07) is 14.4. The molecular formula is C22H25N3O2. The van der Waals surface area contributed by atoms with Crippen LogP contribution in [0.2, 0.25) is 0 Å². The van der Waals surface area contributed by atoms with E-state index in [0.717, 1.165) is 38.0 Å². The van der Waals surface area contributed by atoms with Gasteiger partial charge in [-0.15, -0.1) is 0 Å². The van der Waals surface area contributed by atoms with Gasteiger partial charge in [0.25, 0.3) is 0 Å². The molecule has 0 spiro atoms. The van der Waals surface area contributed by atoms with Gasteiger partial charge in [0.05, 0.1) is 5.41 Å². The van der Waals surface area contributed by atoms with Crippen LogP contribution in [0.15, 0.2) is 54.9 Å². The molecule has 5 heteroatoms. The van der Waals surface area contributed by atoms with E-state index in [4.69, 9.17) is 0 Å². The molecule has 0 bridgehead atoms. The lowest BCUT2D eigenvalue weighted by Gasteiger charge is -2.45. The molecule has 2 amide bonds. The van der Waals surface area contributed by atoms with Crippen molar-refractivity contribution in [3.05, 3.63) is 66.0 Å². The first-order chi connectivity index (χ1) is 13.2. The zero-order chi connectivity index (χ0) is 18.7. The van der Waals surface area contributed by atoms with Crippen LogP contribution in [0, 0.1) is 5.92 Å². The van der Waals surface area contributed by atoms with E-state index in [1.54, 1.807) is 12.4 Å². The monoisotopic (exact) mass is 363 g/mol. The van der Waals surface area contributed by atoms with Gasteiger partial charge in [0.1, 0.15) is 0 Å². The van der Waals surface area contributed by atoms with Crippen molar-refractivity contribution in [3.63, 3.8) is 0 Å². The topological polar surface area (TPSA) is 62.3 Å². The van der Waals surface area contributed by atoms with Crippen molar-refractivity contribution in [1.29, 1.82) is 0 Å². The van der Waals surface area contributed by atoms with Gasteiger partial charge in [0, 0.05) is 25.4 Å². The maximum atomic E-state index is 13.0. The highest BCUT2D eigenvalue weighted by atomic mass is 16.2. The normalized spacial score (nSPS) is 24.6. The van der Waals surface area contributed by atoms with Gasteiger partial charge in [-0.3, -0.25) is 24.8 Å². The van der Waals surface area contributed by atoms with E-state index < -0.39 is 5.41 Å². The number of rotatable bonds is 4. The Kier molecular flexibility index (Phi) is 5.03. The highest BCUT2D eigenvalue weighted by molar-refractivity contribution is 6.03. The van der Waals surface area contributed by atoms with Crippen molar-refractivity contribution in [2.24, 2.45) is 5.92 Å². The molecule has 1 unspecified atom stereocenters. The number of aromatic nitrogens is 1. The molecule has 140 valence electrons. The third-order valence-electron chi connectivity index (χ3n) is 6.11. The Balaban J connectivity index is 1.53. The van der Waals surface area contributed by atoms with Crippen molar-refractivity contribution >= 4 is 11.8 Å². The van der Waals surface area contributed by atoms with Gasteiger partial charge in [0.2, 0.25) is 11.8 Å². The highest BCUT2D eigenvalue weighted by Gasteiger charge is 2.50. The molecule has 2 aromatic rings. The van der Waals surface area contributed by atoms with Gasteiger partial charge >= 0.3 is 0 Å². The first kappa shape index (κ1) is 17.9. The van der Waals surface area contributed by atoms with Gasteiger partial charge in [0.15, 0.2) is 0 Å².